The van der Waals surface area contributed by atoms with E-state index in [-0.39, 0.29) is 0 Å². The van der Waals surface area contributed by atoms with Gasteiger partial charge in [-0.25, -0.2) is 0 Å². The van der Waals surface area contributed by atoms with E-state index in [2.05, 4.69) is 5.32 Å². The van der Waals surface area contributed by atoms with E-state index in [0.29, 0.717) is 33.9 Å². The van der Waals surface area contributed by atoms with Crippen LogP contribution in [-0.2, 0) is 0 Å². The highest BCUT2D eigenvalue weighted by molar-refractivity contribution is 7.99. The Morgan fingerprint density at radius 2 is 2.12 bits per heavy atom. The lowest BCUT2D eigenvalue weighted by atomic mass is 10.3. The largest absolute Gasteiger partial charge is 0.379 e. The molecule has 0 unspecified atom stereocenters. The van der Waals surface area contributed by atoms with Gasteiger partial charge in [0.05, 0.1) is 6.54 Å². The van der Waals surface area contributed by atoms with Crippen molar-refractivity contribution in [2.45, 2.75) is 10.7 Å². The number of halogens is 4. The molecule has 0 spiro atoms. The second kappa shape index (κ2) is 6.99. The highest BCUT2D eigenvalue weighted by atomic mass is 35.5. The fourth-order valence-electron chi connectivity index (χ4n) is 1.03. The summed E-state index contributed by atoms with van der Waals surface area (Å²) >= 11 is 11.6. The van der Waals surface area contributed by atoms with Gasteiger partial charge in [-0.3, -0.25) is 0 Å². The predicted molar refractivity (Wildman–Crippen MR) is 66.6 cm³/mol. The minimum Gasteiger partial charge on any atom is -0.379 e. The third-order valence-electron chi connectivity index (χ3n) is 1.67. The molecule has 1 rings (SSSR count). The number of benzene rings is 1. The van der Waals surface area contributed by atoms with Crippen LogP contribution in [0.25, 0.3) is 0 Å². The zero-order valence-corrected chi connectivity index (χ0v) is 10.4. The number of hydrogen-bond acceptors (Lipinski definition) is 2. The molecule has 0 saturated carbocycles. The summed E-state index contributed by atoms with van der Waals surface area (Å²) in [5, 5.41) is 3.35. The van der Waals surface area contributed by atoms with Crippen molar-refractivity contribution in [3.63, 3.8) is 0 Å². The lowest BCUT2D eigenvalue weighted by Crippen LogP contribution is -2.02. The van der Waals surface area contributed by atoms with Gasteiger partial charge in [0.2, 0.25) is 0 Å². The Labute approximate surface area is 107 Å². The standard InChI is InChI=1S/C10H9Cl2F2NS/c11-5-7(12)6-15-8-3-1-2-4-9(8)16-10(13)14/h1-5,10,15H,6H2. The van der Waals surface area contributed by atoms with Crippen LogP contribution in [0.3, 0.4) is 0 Å². The Bertz CT molecular complexity index is 372. The van der Waals surface area contributed by atoms with E-state index >= 15 is 0 Å². The Kier molecular flexibility index (Phi) is 5.95. The van der Waals surface area contributed by atoms with Crippen LogP contribution in [-0.4, -0.2) is 12.3 Å². The van der Waals surface area contributed by atoms with E-state index in [9.17, 15) is 8.78 Å². The number of hydrogen-bond donors (Lipinski definition) is 1. The van der Waals surface area contributed by atoms with Crippen molar-refractivity contribution in [2.75, 3.05) is 11.9 Å². The Morgan fingerprint density at radius 3 is 2.75 bits per heavy atom. The van der Waals surface area contributed by atoms with E-state index in [4.69, 9.17) is 23.2 Å². The van der Waals surface area contributed by atoms with Crippen LogP contribution >= 0.6 is 35.0 Å². The van der Waals surface area contributed by atoms with Crippen molar-refractivity contribution in [3.05, 3.63) is 34.8 Å². The van der Waals surface area contributed by atoms with Crippen molar-refractivity contribution < 1.29 is 8.78 Å². The molecule has 0 aromatic heterocycles. The zero-order chi connectivity index (χ0) is 12.0. The van der Waals surface area contributed by atoms with Crippen LogP contribution in [0, 0.1) is 0 Å². The molecule has 1 N–H and O–H groups in total. The van der Waals surface area contributed by atoms with Crippen LogP contribution in [0.15, 0.2) is 39.7 Å². The molecular weight excluding hydrogens is 275 g/mol. The van der Waals surface area contributed by atoms with E-state index in [1.54, 1.807) is 24.3 Å². The molecule has 16 heavy (non-hydrogen) atoms. The van der Waals surface area contributed by atoms with Gasteiger partial charge in [0.15, 0.2) is 0 Å². The first kappa shape index (κ1) is 13.6. The molecule has 1 aromatic rings. The summed E-state index contributed by atoms with van der Waals surface area (Å²) in [6.45, 7) is 0.311. The van der Waals surface area contributed by atoms with Gasteiger partial charge in [-0.05, 0) is 12.1 Å². The normalized spacial score (nSPS) is 11.9. The number of rotatable bonds is 5. The van der Waals surface area contributed by atoms with Crippen LogP contribution in [0.4, 0.5) is 14.5 Å². The number of thioether (sulfide) groups is 1. The van der Waals surface area contributed by atoms with Gasteiger partial charge in [0.1, 0.15) is 0 Å². The molecule has 0 atom stereocenters. The molecule has 0 aliphatic heterocycles. The average molecular weight is 284 g/mol. The molecule has 0 bridgehead atoms. The third-order valence-corrected chi connectivity index (χ3v) is 3.08. The molecule has 0 saturated heterocycles. The molecule has 6 heteroatoms. The minimum absolute atomic E-state index is 0.311. The fraction of sp³-hybridized carbons (Fsp3) is 0.200. The maximum atomic E-state index is 12.2. The van der Waals surface area contributed by atoms with Gasteiger partial charge in [-0.15, -0.1) is 0 Å². The monoisotopic (exact) mass is 283 g/mol. The van der Waals surface area contributed by atoms with E-state index < -0.39 is 5.76 Å². The summed E-state index contributed by atoms with van der Waals surface area (Å²) in [6, 6.07) is 6.80. The van der Waals surface area contributed by atoms with Crippen molar-refractivity contribution in [2.24, 2.45) is 0 Å². The molecule has 0 amide bonds. The Hall–Kier alpha value is -0.450. The summed E-state index contributed by atoms with van der Waals surface area (Å²) in [5.41, 5.74) is 1.85. The van der Waals surface area contributed by atoms with Crippen molar-refractivity contribution in [1.82, 2.24) is 0 Å². The quantitative estimate of drug-likeness (QED) is 0.784. The summed E-state index contributed by atoms with van der Waals surface area (Å²) in [6.07, 6.45) is 0. The van der Waals surface area contributed by atoms with Crippen LogP contribution in [0.2, 0.25) is 0 Å². The van der Waals surface area contributed by atoms with Crippen LogP contribution in [0.5, 0.6) is 0 Å². The van der Waals surface area contributed by atoms with Gasteiger partial charge in [-0.2, -0.15) is 8.78 Å². The maximum absolute atomic E-state index is 12.2. The van der Waals surface area contributed by atoms with Crippen molar-refractivity contribution in [1.29, 1.82) is 0 Å². The van der Waals surface area contributed by atoms with Gasteiger partial charge >= 0.3 is 0 Å². The first-order valence-corrected chi connectivity index (χ1v) is 6.05. The molecule has 0 heterocycles. The molecule has 0 aliphatic carbocycles. The average Bonchev–Trinajstić information content (AvgIpc) is 2.26. The highest BCUT2D eigenvalue weighted by Gasteiger charge is 2.09. The van der Waals surface area contributed by atoms with Crippen LogP contribution in [0.1, 0.15) is 0 Å². The molecule has 0 fully saturated rings. The van der Waals surface area contributed by atoms with Gasteiger partial charge in [0.25, 0.3) is 5.76 Å². The van der Waals surface area contributed by atoms with E-state index in [1.165, 1.54) is 5.54 Å². The summed E-state index contributed by atoms with van der Waals surface area (Å²) in [5.74, 6) is -2.44. The molecule has 0 radical (unpaired) electrons. The van der Waals surface area contributed by atoms with E-state index in [1.807, 2.05) is 0 Å². The first-order chi connectivity index (χ1) is 7.63. The predicted octanol–water partition coefficient (Wildman–Crippen LogP) is 4.73. The third kappa shape index (κ3) is 4.60. The maximum Gasteiger partial charge on any atom is 0.288 e. The first-order valence-electron chi connectivity index (χ1n) is 4.36. The lowest BCUT2D eigenvalue weighted by Gasteiger charge is -2.10. The smallest absolute Gasteiger partial charge is 0.288 e. The second-order valence-electron chi connectivity index (χ2n) is 2.78. The lowest BCUT2D eigenvalue weighted by molar-refractivity contribution is 0.252. The minimum atomic E-state index is -2.44. The molecule has 1 aromatic carbocycles. The molecular formula is C10H9Cl2F2NS. The SMILES string of the molecule is FC(F)Sc1ccccc1NCC(Cl)=CCl. The fourth-order valence-corrected chi connectivity index (χ4v) is 1.79. The van der Waals surface area contributed by atoms with Crippen LogP contribution < -0.4 is 5.32 Å². The summed E-state index contributed by atoms with van der Waals surface area (Å²) in [4.78, 5) is 0.483. The highest BCUT2D eigenvalue weighted by Crippen LogP contribution is 2.31. The number of alkyl halides is 2. The Morgan fingerprint density at radius 1 is 1.44 bits per heavy atom. The number of para-hydroxylation sites is 1. The summed E-state index contributed by atoms with van der Waals surface area (Å²) in [7, 11) is 0. The van der Waals surface area contributed by atoms with Gasteiger partial charge in [-0.1, -0.05) is 47.1 Å². The Balaban J connectivity index is 2.71. The van der Waals surface area contributed by atoms with Crippen molar-refractivity contribution >= 4 is 40.7 Å². The second-order valence-corrected chi connectivity index (χ2v) is 4.52. The zero-order valence-electron chi connectivity index (χ0n) is 8.09. The van der Waals surface area contributed by atoms with Crippen molar-refractivity contribution in [3.8, 4) is 0 Å². The molecule has 0 aliphatic rings. The molecule has 1 nitrogen and oxygen atoms in total. The number of nitrogens with one attached hydrogen (secondary N) is 1. The number of anilines is 1. The van der Waals surface area contributed by atoms with Gasteiger partial charge in [0, 0.05) is 21.2 Å². The topological polar surface area (TPSA) is 12.0 Å². The summed E-state index contributed by atoms with van der Waals surface area (Å²) < 4.78 is 24.5. The molecule has 88 valence electrons. The van der Waals surface area contributed by atoms with Gasteiger partial charge < -0.3 is 5.32 Å². The van der Waals surface area contributed by atoms with E-state index in [0.717, 1.165) is 0 Å².